The van der Waals surface area contributed by atoms with Crippen molar-refractivity contribution in [1.82, 2.24) is 19.7 Å². The second-order valence-corrected chi connectivity index (χ2v) is 16.1. The molecule has 1 aromatic heterocycles. The Balaban J connectivity index is 1.11. The van der Waals surface area contributed by atoms with Crippen molar-refractivity contribution >= 4 is 23.4 Å². The number of benzene rings is 4. The summed E-state index contributed by atoms with van der Waals surface area (Å²) in [5.41, 5.74) is 7.73. The highest BCUT2D eigenvalue weighted by molar-refractivity contribution is 6.09. The minimum Gasteiger partial charge on any atom is -0.508 e. The summed E-state index contributed by atoms with van der Waals surface area (Å²) in [5.74, 6) is 0.698. The van der Waals surface area contributed by atoms with E-state index in [9.17, 15) is 9.90 Å². The summed E-state index contributed by atoms with van der Waals surface area (Å²) in [6.45, 7) is 7.73. The molecule has 5 heterocycles. The van der Waals surface area contributed by atoms with Crippen LogP contribution in [0.5, 0.6) is 17.2 Å². The summed E-state index contributed by atoms with van der Waals surface area (Å²) in [6, 6.07) is 27.9. The molecule has 0 aliphatic carbocycles. The number of aromatic nitrogens is 1. The van der Waals surface area contributed by atoms with Gasteiger partial charge in [-0.2, -0.15) is 0 Å². The summed E-state index contributed by atoms with van der Waals surface area (Å²) in [4.78, 5) is 49.5. The van der Waals surface area contributed by atoms with Gasteiger partial charge >= 0.3 is 0 Å². The Labute approximate surface area is 350 Å². The number of ether oxygens (including phenoxy) is 3. The third kappa shape index (κ3) is 7.97. The van der Waals surface area contributed by atoms with Crippen LogP contribution in [-0.4, -0.2) is 89.4 Å². The van der Waals surface area contributed by atoms with Crippen LogP contribution in [0.1, 0.15) is 79.6 Å². The Morgan fingerprint density at radius 3 is 2.43 bits per heavy atom. The zero-order valence-corrected chi connectivity index (χ0v) is 34.0. The molecule has 2 N–H and O–H groups in total. The van der Waals surface area contributed by atoms with E-state index >= 15 is 9.59 Å². The maximum Gasteiger partial charge on any atom is 0.260 e. The molecule has 0 spiro atoms. The van der Waals surface area contributed by atoms with Crippen molar-refractivity contribution in [2.75, 3.05) is 51.1 Å². The lowest BCUT2D eigenvalue weighted by atomic mass is 9.92. The molecule has 4 aliphatic rings. The third-order valence-electron chi connectivity index (χ3n) is 12.2. The fraction of sp³-hybridized carbons (Fsp3) is 0.354. The number of hydrogen-bond acceptors (Lipinski definition) is 8. The number of phenolic OH excluding ortho intramolecular Hbond substituents is 1. The van der Waals surface area contributed by atoms with Crippen molar-refractivity contribution in [2.24, 2.45) is 0 Å². The lowest BCUT2D eigenvalue weighted by molar-refractivity contribution is 0.0193. The van der Waals surface area contributed by atoms with Crippen LogP contribution < -0.4 is 19.7 Å². The van der Waals surface area contributed by atoms with Gasteiger partial charge in [-0.1, -0.05) is 43.3 Å². The molecule has 0 bridgehead atoms. The lowest BCUT2D eigenvalue weighted by Crippen LogP contribution is -2.52. The normalized spacial score (nSPS) is 17.1. The van der Waals surface area contributed by atoms with Gasteiger partial charge in [-0.15, -0.1) is 0 Å². The van der Waals surface area contributed by atoms with E-state index in [-0.39, 0.29) is 42.9 Å². The summed E-state index contributed by atoms with van der Waals surface area (Å²) < 4.78 is 19.7. The Morgan fingerprint density at radius 2 is 1.63 bits per heavy atom. The lowest BCUT2D eigenvalue weighted by Gasteiger charge is -2.40. The number of rotatable bonds is 11. The molecule has 310 valence electrons. The first-order valence-electron chi connectivity index (χ1n) is 21.2. The van der Waals surface area contributed by atoms with Crippen LogP contribution in [0, 0.1) is 0 Å². The number of amides is 3. The molecule has 0 unspecified atom stereocenters. The second kappa shape index (κ2) is 17.2. The maximum atomic E-state index is 15.3. The number of aromatic hydroxyl groups is 1. The predicted molar refractivity (Wildman–Crippen MR) is 228 cm³/mol. The molecule has 1 atom stereocenters. The van der Waals surface area contributed by atoms with Gasteiger partial charge in [0, 0.05) is 73.5 Å². The molecule has 60 heavy (non-hydrogen) atoms. The maximum absolute atomic E-state index is 15.3. The average Bonchev–Trinajstić information content (AvgIpc) is 3.92. The topological polar surface area (TPSA) is 126 Å². The van der Waals surface area contributed by atoms with Crippen molar-refractivity contribution in [3.8, 4) is 28.5 Å². The van der Waals surface area contributed by atoms with E-state index in [0.717, 1.165) is 67.8 Å². The van der Waals surface area contributed by atoms with Crippen LogP contribution in [0.3, 0.4) is 0 Å². The highest BCUT2D eigenvalue weighted by atomic mass is 16.7. The molecule has 4 aliphatic heterocycles. The molecule has 9 rings (SSSR count). The van der Waals surface area contributed by atoms with Crippen LogP contribution in [0.2, 0.25) is 0 Å². The Kier molecular flexibility index (Phi) is 11.3. The fourth-order valence-corrected chi connectivity index (χ4v) is 9.03. The van der Waals surface area contributed by atoms with E-state index < -0.39 is 0 Å². The molecule has 0 radical (unpaired) electrons. The molecule has 12 nitrogen and oxygen atoms in total. The number of carbonyl (C=O) groups is 3. The number of fused-ring (bicyclic) bond motifs is 3. The van der Waals surface area contributed by atoms with Crippen molar-refractivity contribution < 1.29 is 33.7 Å². The first kappa shape index (κ1) is 39.4. The number of anilines is 1. The Morgan fingerprint density at radius 1 is 0.850 bits per heavy atom. The van der Waals surface area contributed by atoms with E-state index in [2.05, 4.69) is 33.0 Å². The van der Waals surface area contributed by atoms with Gasteiger partial charge in [-0.05, 0) is 103 Å². The van der Waals surface area contributed by atoms with E-state index in [1.54, 1.807) is 35.2 Å². The number of nitrogens with one attached hydrogen (secondary N) is 1. The minimum atomic E-state index is -0.217. The number of morpholine rings is 1. The molecular formula is C48H51N5O7. The highest BCUT2D eigenvalue weighted by Crippen LogP contribution is 2.42. The van der Waals surface area contributed by atoms with Gasteiger partial charge in [0.05, 0.1) is 30.9 Å². The molecule has 4 aromatic carbocycles. The largest absolute Gasteiger partial charge is 0.508 e. The van der Waals surface area contributed by atoms with Gasteiger partial charge in [-0.25, -0.2) is 0 Å². The van der Waals surface area contributed by atoms with Gasteiger partial charge in [0.1, 0.15) is 5.75 Å². The molecule has 1 fully saturated rings. The highest BCUT2D eigenvalue weighted by Gasteiger charge is 2.36. The first-order valence-corrected chi connectivity index (χ1v) is 21.2. The zero-order valence-electron chi connectivity index (χ0n) is 34.0. The Hall–Kier alpha value is -6.11. The van der Waals surface area contributed by atoms with Gasteiger partial charge in [0.25, 0.3) is 17.7 Å². The number of carbonyl (C=O) groups excluding carboxylic acids is 3. The summed E-state index contributed by atoms with van der Waals surface area (Å²) in [6.07, 6.45) is 4.10. The Bertz CT molecular complexity index is 2400. The molecular weight excluding hydrogens is 759 g/mol. The van der Waals surface area contributed by atoms with Crippen molar-refractivity contribution in [1.29, 1.82) is 0 Å². The van der Waals surface area contributed by atoms with Gasteiger partial charge < -0.3 is 39.0 Å². The van der Waals surface area contributed by atoms with Crippen LogP contribution in [0.25, 0.3) is 11.3 Å². The number of hydrogen-bond donors (Lipinski definition) is 2. The van der Waals surface area contributed by atoms with E-state index in [1.165, 1.54) is 5.56 Å². The molecule has 5 aromatic rings. The van der Waals surface area contributed by atoms with Crippen LogP contribution in [-0.2, 0) is 37.2 Å². The van der Waals surface area contributed by atoms with E-state index in [0.29, 0.717) is 78.7 Å². The quantitative estimate of drug-likeness (QED) is 0.149. The van der Waals surface area contributed by atoms with Crippen molar-refractivity contribution in [2.45, 2.75) is 64.7 Å². The zero-order chi connectivity index (χ0) is 41.2. The fourth-order valence-electron chi connectivity index (χ4n) is 9.03. The second-order valence-electron chi connectivity index (χ2n) is 16.1. The van der Waals surface area contributed by atoms with E-state index in [4.69, 9.17) is 14.2 Å². The predicted octanol–water partition coefficient (Wildman–Crippen LogP) is 6.81. The van der Waals surface area contributed by atoms with Gasteiger partial charge in [0.15, 0.2) is 11.5 Å². The molecule has 0 saturated carbocycles. The third-order valence-corrected chi connectivity index (χ3v) is 12.2. The average molecular weight is 810 g/mol. The molecule has 12 heteroatoms. The molecule has 1 saturated heterocycles. The van der Waals surface area contributed by atoms with Crippen molar-refractivity contribution in [3.05, 3.63) is 130 Å². The summed E-state index contributed by atoms with van der Waals surface area (Å²) in [7, 11) is 0. The van der Waals surface area contributed by atoms with Crippen LogP contribution >= 0.6 is 0 Å². The monoisotopic (exact) mass is 809 g/mol. The SMILES string of the molecule is CCCNC(=O)c1cccc(CN(C(=O)c2cc(-c3cc4c(cc3C(=O)N3Cc5ccccc5C[C@H]3CN3CCOCC3)OCO4)n3c2CCCC3)c2ccc(O)cc2)c1. The smallest absolute Gasteiger partial charge is 0.260 e. The minimum absolute atomic E-state index is 0.0578. The molecule has 3 amide bonds. The standard InChI is InChI=1S/C48H51N5O7/c1-2-17-49-46(55)34-11-7-8-32(23-34)28-52(36-13-15-38(54)16-14-36)48(57)41-25-43(51-18-6-5-12-42(41)51)39-26-44-45(60-31-59-44)27-40(39)47(56)53-29-35-10-4-3-9-33(35)24-37(53)30-50-19-21-58-22-20-50/h3-4,7-11,13-16,23,25-27,37,54H,2,5-6,12,17-22,24,28-31H2,1H3,(H,49,55)/t37-/m0/s1. The number of phenols is 1. The summed E-state index contributed by atoms with van der Waals surface area (Å²) in [5, 5.41) is 13.2. The number of nitrogens with zero attached hydrogens (tertiary/aromatic N) is 4. The van der Waals surface area contributed by atoms with Crippen LogP contribution in [0.15, 0.2) is 91.0 Å². The summed E-state index contributed by atoms with van der Waals surface area (Å²) >= 11 is 0. The first-order chi connectivity index (χ1) is 29.3. The van der Waals surface area contributed by atoms with Gasteiger partial charge in [0.2, 0.25) is 6.79 Å². The van der Waals surface area contributed by atoms with E-state index in [1.807, 2.05) is 54.3 Å². The van der Waals surface area contributed by atoms with Gasteiger partial charge in [-0.3, -0.25) is 19.3 Å². The van der Waals surface area contributed by atoms with Crippen molar-refractivity contribution in [3.63, 3.8) is 0 Å². The van der Waals surface area contributed by atoms with Crippen LogP contribution in [0.4, 0.5) is 5.69 Å².